The quantitative estimate of drug-likeness (QED) is 0.151. The summed E-state index contributed by atoms with van der Waals surface area (Å²) in [7, 11) is 0. The van der Waals surface area contributed by atoms with E-state index in [1.165, 1.54) is 49.7 Å². The molecule has 1 aliphatic carbocycles. The molecule has 0 bridgehead atoms. The predicted octanol–water partition coefficient (Wildman–Crippen LogP) is 17.6. The Morgan fingerprint density at radius 3 is 1.69 bits per heavy atom. The summed E-state index contributed by atoms with van der Waals surface area (Å²) >= 11 is 0. The van der Waals surface area contributed by atoms with Crippen LogP contribution >= 0.6 is 0 Å². The molecule has 0 amide bonds. The minimum Gasteiger partial charge on any atom is -0.456 e. The van der Waals surface area contributed by atoms with Crippen LogP contribution in [0.5, 0.6) is 0 Å². The number of hydrogen-bond donors (Lipinski definition) is 0. The summed E-state index contributed by atoms with van der Waals surface area (Å²) in [6, 6.07) is 95.3. The Hall–Kier alpha value is -8.72. The molecular weight excluding hydrogens is 811 g/mol. The zero-order valence-electron chi connectivity index (χ0n) is 36.7. The van der Waals surface area contributed by atoms with Gasteiger partial charge >= 0.3 is 0 Å². The molecule has 1 aromatic heterocycles. The summed E-state index contributed by atoms with van der Waals surface area (Å²) < 4.78 is 6.37. The molecule has 2 heteroatoms. The first-order valence-electron chi connectivity index (χ1n) is 23.1. The van der Waals surface area contributed by atoms with Crippen molar-refractivity contribution in [1.29, 1.82) is 0 Å². The van der Waals surface area contributed by atoms with Gasteiger partial charge < -0.3 is 9.32 Å². The second kappa shape index (κ2) is 15.8. The molecule has 0 radical (unpaired) electrons. The fourth-order valence-corrected chi connectivity index (χ4v) is 11.0. The van der Waals surface area contributed by atoms with Crippen LogP contribution in [0, 0.1) is 0 Å². The number of para-hydroxylation sites is 1. The first kappa shape index (κ1) is 38.7. The Bertz CT molecular complexity index is 3750. The molecule has 0 unspecified atom stereocenters. The number of rotatable bonds is 8. The van der Waals surface area contributed by atoms with Gasteiger partial charge in [0.25, 0.3) is 0 Å². The molecule has 67 heavy (non-hydrogen) atoms. The highest BCUT2D eigenvalue weighted by molar-refractivity contribution is 6.06. The second-order valence-electron chi connectivity index (χ2n) is 17.5. The lowest BCUT2D eigenvalue weighted by Gasteiger charge is -2.34. The van der Waals surface area contributed by atoms with Crippen molar-refractivity contribution in [3.63, 3.8) is 0 Å². The van der Waals surface area contributed by atoms with Gasteiger partial charge in [0.05, 0.1) is 16.8 Å². The van der Waals surface area contributed by atoms with Gasteiger partial charge in [-0.2, -0.15) is 0 Å². The van der Waals surface area contributed by atoms with Gasteiger partial charge in [0.2, 0.25) is 0 Å². The second-order valence-corrected chi connectivity index (χ2v) is 17.5. The summed E-state index contributed by atoms with van der Waals surface area (Å²) in [5, 5.41) is 4.71. The predicted molar refractivity (Wildman–Crippen MR) is 280 cm³/mol. The topological polar surface area (TPSA) is 16.4 Å². The van der Waals surface area contributed by atoms with Crippen LogP contribution in [0.15, 0.2) is 265 Å². The highest BCUT2D eigenvalue weighted by Crippen LogP contribution is 2.60. The number of nitrogens with zero attached hydrogens (tertiary/aromatic N) is 1. The molecule has 0 fully saturated rings. The monoisotopic (exact) mass is 853 g/mol. The van der Waals surface area contributed by atoms with Crippen molar-refractivity contribution in [2.24, 2.45) is 0 Å². The van der Waals surface area contributed by atoms with Crippen LogP contribution < -0.4 is 4.90 Å². The maximum absolute atomic E-state index is 6.37. The third kappa shape index (κ3) is 6.18. The molecule has 0 N–H and O–H groups in total. The smallest absolute Gasteiger partial charge is 0.136 e. The number of anilines is 3. The number of fused-ring (bicyclic) bond motifs is 7. The van der Waals surface area contributed by atoms with E-state index in [4.69, 9.17) is 4.42 Å². The Morgan fingerprint density at radius 1 is 0.313 bits per heavy atom. The number of benzene rings is 11. The van der Waals surface area contributed by atoms with Gasteiger partial charge in [0.1, 0.15) is 11.2 Å². The molecule has 2 nitrogen and oxygen atoms in total. The molecule has 0 spiro atoms. The zero-order valence-corrected chi connectivity index (χ0v) is 36.7. The summed E-state index contributed by atoms with van der Waals surface area (Å²) in [6.07, 6.45) is 0. The molecule has 0 saturated carbocycles. The summed E-state index contributed by atoms with van der Waals surface area (Å²) in [6.45, 7) is 0. The molecule has 12 aromatic rings. The molecule has 1 heterocycles. The number of hydrogen-bond acceptors (Lipinski definition) is 2. The van der Waals surface area contributed by atoms with E-state index < -0.39 is 5.41 Å². The van der Waals surface area contributed by atoms with E-state index in [2.05, 4.69) is 254 Å². The zero-order chi connectivity index (χ0) is 44.3. The van der Waals surface area contributed by atoms with Crippen LogP contribution in [0.2, 0.25) is 0 Å². The Kier molecular flexibility index (Phi) is 9.11. The highest BCUT2D eigenvalue weighted by Gasteiger charge is 2.47. The lowest BCUT2D eigenvalue weighted by Crippen LogP contribution is -2.28. The van der Waals surface area contributed by atoms with Crippen molar-refractivity contribution >= 4 is 49.8 Å². The largest absolute Gasteiger partial charge is 0.456 e. The summed E-state index contributed by atoms with van der Waals surface area (Å²) in [4.78, 5) is 2.52. The Labute approximate surface area is 390 Å². The first-order valence-corrected chi connectivity index (χ1v) is 23.1. The molecule has 13 rings (SSSR count). The van der Waals surface area contributed by atoms with Crippen LogP contribution in [-0.2, 0) is 5.41 Å². The van der Waals surface area contributed by atoms with Crippen molar-refractivity contribution in [2.45, 2.75) is 5.41 Å². The normalized spacial score (nSPS) is 12.6. The van der Waals surface area contributed by atoms with Gasteiger partial charge in [-0.1, -0.05) is 218 Å². The summed E-state index contributed by atoms with van der Waals surface area (Å²) in [5.41, 5.74) is 18.9. The van der Waals surface area contributed by atoms with Crippen molar-refractivity contribution in [1.82, 2.24) is 0 Å². The van der Waals surface area contributed by atoms with Gasteiger partial charge in [-0.05, 0) is 109 Å². The van der Waals surface area contributed by atoms with Crippen molar-refractivity contribution in [3.8, 4) is 44.5 Å². The fourth-order valence-electron chi connectivity index (χ4n) is 11.0. The van der Waals surface area contributed by atoms with Crippen LogP contribution in [-0.4, -0.2) is 0 Å². The van der Waals surface area contributed by atoms with Gasteiger partial charge in [-0.15, -0.1) is 0 Å². The molecule has 11 aromatic carbocycles. The molecule has 1 aliphatic rings. The standard InChI is InChI=1S/C65H43NO/c1-4-18-46(19-5-1)54-40-37-48(53-29-16-21-45-20-10-11-26-52(45)53)42-61(54)66(51-38-34-44(35-39-51)47-36-41-56-55-27-13-15-33-62(55)67-63(56)43-47)60-32-17-31-59-64(60)57-28-12-14-30-58(57)65(59,49-22-6-2-7-23-49)50-24-8-3-9-25-50/h1-43H. The minimum absolute atomic E-state index is 0.553. The third-order valence-corrected chi connectivity index (χ3v) is 14.0. The molecule has 0 aliphatic heterocycles. The van der Waals surface area contributed by atoms with Crippen LogP contribution in [0.4, 0.5) is 17.1 Å². The average Bonchev–Trinajstić information content (AvgIpc) is 3.93. The van der Waals surface area contributed by atoms with E-state index in [0.717, 1.165) is 66.8 Å². The van der Waals surface area contributed by atoms with E-state index in [-0.39, 0.29) is 0 Å². The molecular formula is C65H43NO. The van der Waals surface area contributed by atoms with E-state index in [0.29, 0.717) is 0 Å². The van der Waals surface area contributed by atoms with E-state index in [1.54, 1.807) is 0 Å². The Morgan fingerprint density at radius 2 is 0.896 bits per heavy atom. The van der Waals surface area contributed by atoms with Crippen molar-refractivity contribution in [3.05, 3.63) is 283 Å². The highest BCUT2D eigenvalue weighted by atomic mass is 16.3. The van der Waals surface area contributed by atoms with Crippen molar-refractivity contribution in [2.75, 3.05) is 4.90 Å². The van der Waals surface area contributed by atoms with E-state index in [1.807, 2.05) is 12.1 Å². The number of furan rings is 1. The lowest BCUT2D eigenvalue weighted by atomic mass is 9.68. The van der Waals surface area contributed by atoms with Gasteiger partial charge in [-0.25, -0.2) is 0 Å². The third-order valence-electron chi connectivity index (χ3n) is 14.0. The van der Waals surface area contributed by atoms with Crippen LogP contribution in [0.3, 0.4) is 0 Å². The Balaban J connectivity index is 1.08. The van der Waals surface area contributed by atoms with Gasteiger partial charge in [0.15, 0.2) is 0 Å². The van der Waals surface area contributed by atoms with Crippen LogP contribution in [0.1, 0.15) is 22.3 Å². The first-order chi connectivity index (χ1) is 33.2. The maximum Gasteiger partial charge on any atom is 0.136 e. The van der Waals surface area contributed by atoms with Gasteiger partial charge in [0, 0.05) is 27.6 Å². The van der Waals surface area contributed by atoms with E-state index >= 15 is 0 Å². The maximum atomic E-state index is 6.37. The molecule has 0 atom stereocenters. The van der Waals surface area contributed by atoms with E-state index in [9.17, 15) is 0 Å². The summed E-state index contributed by atoms with van der Waals surface area (Å²) in [5.74, 6) is 0. The molecule has 314 valence electrons. The minimum atomic E-state index is -0.553. The van der Waals surface area contributed by atoms with Crippen molar-refractivity contribution < 1.29 is 4.42 Å². The van der Waals surface area contributed by atoms with Crippen LogP contribution in [0.25, 0.3) is 77.2 Å². The molecule has 0 saturated heterocycles. The average molecular weight is 854 g/mol. The lowest BCUT2D eigenvalue weighted by molar-refractivity contribution is 0.669. The SMILES string of the molecule is c1ccc(-c2ccc(-c3cccc4ccccc34)cc2N(c2ccc(-c3ccc4c(c3)oc3ccccc34)cc2)c2cccc3c2-c2ccccc2C3(c2ccccc2)c2ccccc2)cc1. The van der Waals surface area contributed by atoms with Gasteiger partial charge in [-0.3, -0.25) is 0 Å². The fraction of sp³-hybridized carbons (Fsp3) is 0.0154.